The van der Waals surface area contributed by atoms with Crippen LogP contribution in [-0.2, 0) is 16.5 Å². The molecule has 130 valence electrons. The van der Waals surface area contributed by atoms with Crippen LogP contribution < -0.4 is 39.4 Å². The van der Waals surface area contributed by atoms with Gasteiger partial charge < -0.3 is 9.84 Å². The summed E-state index contributed by atoms with van der Waals surface area (Å²) in [5, 5.41) is 12.0. The molecule has 2 rings (SSSR count). The van der Waals surface area contributed by atoms with E-state index in [-0.39, 0.29) is 29.6 Å². The standard InChI is InChI=1S/C18H22O5S.Na/c1-2-3-4-6-9-14-12-18(24(20,21)22)16(19)13-17(14)23-15-10-7-5-8-11-15;/h5,7-8,10-13,19H,2-4,6,9H2,1H3,(H,20,21,22);/q;+1/p-1. The van der Waals surface area contributed by atoms with Gasteiger partial charge in [0.05, 0.1) is 4.90 Å². The van der Waals surface area contributed by atoms with E-state index in [2.05, 4.69) is 6.92 Å². The summed E-state index contributed by atoms with van der Waals surface area (Å²) in [6, 6.07) is 11.3. The van der Waals surface area contributed by atoms with Gasteiger partial charge in [0.25, 0.3) is 10.1 Å². The minimum absolute atomic E-state index is 0. The van der Waals surface area contributed by atoms with Crippen LogP contribution in [0.5, 0.6) is 17.2 Å². The number of rotatable bonds is 8. The molecule has 0 fully saturated rings. The first-order valence-electron chi connectivity index (χ1n) is 7.96. The van der Waals surface area contributed by atoms with E-state index in [0.29, 0.717) is 23.5 Å². The number of ether oxygens (including phenoxy) is 1. The molecule has 25 heavy (non-hydrogen) atoms. The molecule has 0 bridgehead atoms. The molecule has 2 aromatic carbocycles. The van der Waals surface area contributed by atoms with E-state index < -0.39 is 20.8 Å². The van der Waals surface area contributed by atoms with Gasteiger partial charge in [-0.2, -0.15) is 8.42 Å². The Morgan fingerprint density at radius 1 is 1.08 bits per heavy atom. The number of para-hydroxylation sites is 1. The number of benzene rings is 2. The Labute approximate surface area is 171 Å². The van der Waals surface area contributed by atoms with Crippen molar-refractivity contribution in [3.63, 3.8) is 0 Å². The fourth-order valence-electron chi connectivity index (χ4n) is 2.43. The Kier molecular flexibility index (Phi) is 8.96. The van der Waals surface area contributed by atoms with Gasteiger partial charge in [-0.25, -0.2) is 0 Å². The monoisotopic (exact) mass is 372 g/mol. The summed E-state index contributed by atoms with van der Waals surface area (Å²) in [6.07, 6.45) is 4.59. The molecule has 0 saturated heterocycles. The maximum absolute atomic E-state index is 12.0. The van der Waals surface area contributed by atoms with E-state index in [0.717, 1.165) is 31.7 Å². The zero-order valence-electron chi connectivity index (χ0n) is 14.6. The van der Waals surface area contributed by atoms with Crippen molar-refractivity contribution in [2.24, 2.45) is 0 Å². The average molecular weight is 372 g/mol. The number of unbranched alkanes of at least 4 members (excludes halogenated alkanes) is 3. The fourth-order valence-corrected chi connectivity index (χ4v) is 3.04. The van der Waals surface area contributed by atoms with Crippen molar-refractivity contribution in [1.29, 1.82) is 0 Å². The molecule has 0 aliphatic rings. The fraction of sp³-hybridized carbons (Fsp3) is 0.333. The summed E-state index contributed by atoms with van der Waals surface area (Å²) in [4.78, 5) is -0.603. The third-order valence-corrected chi connectivity index (χ3v) is 4.55. The van der Waals surface area contributed by atoms with Gasteiger partial charge in [-0.3, -0.25) is 4.55 Å². The molecule has 0 aliphatic heterocycles. The zero-order chi connectivity index (χ0) is 17.6. The molecule has 0 amide bonds. The quantitative estimate of drug-likeness (QED) is 0.423. The second kappa shape index (κ2) is 10.2. The third-order valence-electron chi connectivity index (χ3n) is 3.68. The van der Waals surface area contributed by atoms with E-state index in [1.165, 1.54) is 6.07 Å². The van der Waals surface area contributed by atoms with Gasteiger partial charge in [0.1, 0.15) is 11.5 Å². The summed E-state index contributed by atoms with van der Waals surface area (Å²) >= 11 is 0. The first-order valence-corrected chi connectivity index (χ1v) is 9.40. The molecule has 0 spiro atoms. The Bertz CT molecular complexity index is 776. The number of aryl methyl sites for hydroxylation is 1. The van der Waals surface area contributed by atoms with Gasteiger partial charge in [0.2, 0.25) is 0 Å². The maximum atomic E-state index is 12.0. The summed E-state index contributed by atoms with van der Waals surface area (Å²) in [5.41, 5.74) is 0.599. The predicted molar refractivity (Wildman–Crippen MR) is 90.1 cm³/mol. The summed E-state index contributed by atoms with van der Waals surface area (Å²) in [6.45, 7) is 2.10. The van der Waals surface area contributed by atoms with Crippen LogP contribution in [0.15, 0.2) is 47.4 Å². The molecule has 2 aromatic rings. The Morgan fingerprint density at radius 3 is 2.36 bits per heavy atom. The SMILES string of the molecule is CCCCCCc1cc(S(=O)(=O)O)c([O-])cc1Oc1ccccc1.[Na+]. The van der Waals surface area contributed by atoms with E-state index in [1.54, 1.807) is 24.3 Å². The van der Waals surface area contributed by atoms with E-state index >= 15 is 0 Å². The molecule has 0 aromatic heterocycles. The molecule has 7 heteroatoms. The Morgan fingerprint density at radius 2 is 1.76 bits per heavy atom. The average Bonchev–Trinajstić information content (AvgIpc) is 2.53. The molecule has 1 N–H and O–H groups in total. The second-order valence-corrected chi connectivity index (χ2v) is 7.00. The van der Waals surface area contributed by atoms with Crippen LogP contribution in [0.1, 0.15) is 38.2 Å². The van der Waals surface area contributed by atoms with Crippen LogP contribution in [0.2, 0.25) is 0 Å². The van der Waals surface area contributed by atoms with Crippen molar-refractivity contribution < 1.29 is 52.4 Å². The van der Waals surface area contributed by atoms with Crippen molar-refractivity contribution in [2.45, 2.75) is 43.9 Å². The molecule has 0 heterocycles. The Hall–Kier alpha value is -1.05. The molecule has 0 atom stereocenters. The largest absolute Gasteiger partial charge is 1.00 e. The molecular weight excluding hydrogens is 351 g/mol. The normalized spacial score (nSPS) is 11.0. The topological polar surface area (TPSA) is 86.7 Å². The zero-order valence-corrected chi connectivity index (χ0v) is 17.4. The van der Waals surface area contributed by atoms with Crippen LogP contribution >= 0.6 is 0 Å². The summed E-state index contributed by atoms with van der Waals surface area (Å²) in [5.74, 6) is 0.113. The third kappa shape index (κ3) is 6.64. The molecule has 0 saturated carbocycles. The first kappa shape index (κ1) is 22.0. The van der Waals surface area contributed by atoms with Gasteiger partial charge >= 0.3 is 29.6 Å². The van der Waals surface area contributed by atoms with Crippen molar-refractivity contribution in [3.05, 3.63) is 48.0 Å². The van der Waals surface area contributed by atoms with Crippen LogP contribution in [0.25, 0.3) is 0 Å². The van der Waals surface area contributed by atoms with Gasteiger partial charge in [-0.05, 0) is 42.7 Å². The molecule has 0 aliphatic carbocycles. The maximum Gasteiger partial charge on any atom is 1.00 e. The first-order chi connectivity index (χ1) is 11.4. The molecule has 5 nitrogen and oxygen atoms in total. The molecular formula is C18H21NaO5S. The minimum atomic E-state index is -4.55. The smallest absolute Gasteiger partial charge is 0.871 e. The van der Waals surface area contributed by atoms with Crippen molar-refractivity contribution in [1.82, 2.24) is 0 Å². The number of hydrogen-bond donors (Lipinski definition) is 1. The van der Waals surface area contributed by atoms with E-state index in [4.69, 9.17) is 4.74 Å². The van der Waals surface area contributed by atoms with Crippen molar-refractivity contribution >= 4 is 10.1 Å². The minimum Gasteiger partial charge on any atom is -0.871 e. The second-order valence-electron chi connectivity index (χ2n) is 5.61. The molecule has 0 radical (unpaired) electrons. The van der Waals surface area contributed by atoms with Crippen molar-refractivity contribution in [2.75, 3.05) is 0 Å². The van der Waals surface area contributed by atoms with Crippen LogP contribution in [0.4, 0.5) is 0 Å². The molecule has 0 unspecified atom stereocenters. The van der Waals surface area contributed by atoms with E-state index in [9.17, 15) is 18.1 Å². The van der Waals surface area contributed by atoms with E-state index in [1.807, 2.05) is 6.07 Å². The number of hydrogen-bond acceptors (Lipinski definition) is 4. The summed E-state index contributed by atoms with van der Waals surface area (Å²) < 4.78 is 37.7. The Balaban J connectivity index is 0.00000312. The van der Waals surface area contributed by atoms with Gasteiger partial charge in [-0.1, -0.05) is 50.1 Å². The van der Waals surface area contributed by atoms with Crippen LogP contribution in [0, 0.1) is 0 Å². The van der Waals surface area contributed by atoms with Crippen LogP contribution in [-0.4, -0.2) is 13.0 Å². The van der Waals surface area contributed by atoms with Gasteiger partial charge in [0.15, 0.2) is 0 Å². The van der Waals surface area contributed by atoms with Crippen molar-refractivity contribution in [3.8, 4) is 17.2 Å². The van der Waals surface area contributed by atoms with Gasteiger partial charge in [-0.15, -0.1) is 0 Å². The van der Waals surface area contributed by atoms with Gasteiger partial charge in [0, 0.05) is 0 Å². The van der Waals surface area contributed by atoms with Crippen LogP contribution in [0.3, 0.4) is 0 Å². The predicted octanol–water partition coefficient (Wildman–Crippen LogP) is 0.926. The summed E-state index contributed by atoms with van der Waals surface area (Å²) in [7, 11) is -4.55.